The molecule has 0 saturated heterocycles. The Morgan fingerprint density at radius 1 is 1.55 bits per heavy atom. The third-order valence-electron chi connectivity index (χ3n) is 3.83. The van der Waals surface area contributed by atoms with E-state index in [1.54, 1.807) is 19.9 Å². The van der Waals surface area contributed by atoms with E-state index < -0.39 is 17.6 Å². The first-order chi connectivity index (χ1) is 9.41. The lowest BCUT2D eigenvalue weighted by Gasteiger charge is -2.21. The summed E-state index contributed by atoms with van der Waals surface area (Å²) < 4.78 is 5.03. The first-order valence-electron chi connectivity index (χ1n) is 7.21. The molecule has 1 fully saturated rings. The molecule has 1 amide bonds. The Balaban J connectivity index is 2.65. The molecule has 0 aromatic heterocycles. The Hall–Kier alpha value is -1.36. The maximum absolute atomic E-state index is 12.2. The zero-order valence-corrected chi connectivity index (χ0v) is 12.5. The van der Waals surface area contributed by atoms with Gasteiger partial charge in [-0.1, -0.05) is 19.9 Å². The van der Waals surface area contributed by atoms with E-state index in [-0.39, 0.29) is 24.3 Å². The summed E-state index contributed by atoms with van der Waals surface area (Å²) in [6, 6.07) is 0. The Morgan fingerprint density at radius 2 is 2.20 bits per heavy atom. The monoisotopic (exact) mass is 283 g/mol. The number of esters is 1. The van der Waals surface area contributed by atoms with Gasteiger partial charge in [-0.25, -0.2) is 4.79 Å². The molecule has 0 aliphatic heterocycles. The quantitative estimate of drug-likeness (QED) is 0.521. The van der Waals surface area contributed by atoms with E-state index in [4.69, 9.17) is 4.74 Å². The number of carbonyl (C=O) groups is 2. The molecule has 20 heavy (non-hydrogen) atoms. The van der Waals surface area contributed by atoms with E-state index in [1.807, 2.05) is 6.92 Å². The van der Waals surface area contributed by atoms with Crippen LogP contribution >= 0.6 is 0 Å². The van der Waals surface area contributed by atoms with Gasteiger partial charge >= 0.3 is 5.97 Å². The van der Waals surface area contributed by atoms with E-state index in [0.717, 1.165) is 0 Å². The van der Waals surface area contributed by atoms with Crippen molar-refractivity contribution >= 4 is 11.9 Å². The number of aliphatic hydroxyl groups excluding tert-OH is 1. The molecule has 5 heteroatoms. The SMILES string of the molecule is C=C[C@@H]1C[C@]1(NC(=O)[C@@H](C)C[C@@H](O)CC)C(=O)OCC. The minimum Gasteiger partial charge on any atom is -0.464 e. The minimum absolute atomic E-state index is 0.0752. The summed E-state index contributed by atoms with van der Waals surface area (Å²) in [5.41, 5.74) is -0.944. The highest BCUT2D eigenvalue weighted by atomic mass is 16.5. The van der Waals surface area contributed by atoms with Crippen molar-refractivity contribution < 1.29 is 19.4 Å². The largest absolute Gasteiger partial charge is 0.464 e. The highest BCUT2D eigenvalue weighted by Crippen LogP contribution is 2.45. The normalized spacial score (nSPS) is 27.3. The van der Waals surface area contributed by atoms with Crippen LogP contribution in [0, 0.1) is 11.8 Å². The molecular formula is C15H25NO4. The van der Waals surface area contributed by atoms with Crippen LogP contribution in [0.2, 0.25) is 0 Å². The number of amides is 1. The molecule has 114 valence electrons. The van der Waals surface area contributed by atoms with Gasteiger partial charge in [0, 0.05) is 11.8 Å². The average Bonchev–Trinajstić information content (AvgIpc) is 3.13. The van der Waals surface area contributed by atoms with E-state index in [9.17, 15) is 14.7 Å². The summed E-state index contributed by atoms with van der Waals surface area (Å²) in [5, 5.41) is 12.4. The van der Waals surface area contributed by atoms with Crippen molar-refractivity contribution in [2.45, 2.75) is 51.7 Å². The van der Waals surface area contributed by atoms with E-state index >= 15 is 0 Å². The minimum atomic E-state index is -0.944. The lowest BCUT2D eigenvalue weighted by atomic mass is 10.0. The fourth-order valence-corrected chi connectivity index (χ4v) is 2.29. The van der Waals surface area contributed by atoms with Gasteiger partial charge in [-0.3, -0.25) is 4.79 Å². The third kappa shape index (κ3) is 3.60. The fraction of sp³-hybridized carbons (Fsp3) is 0.733. The van der Waals surface area contributed by atoms with Crippen LogP contribution in [0.4, 0.5) is 0 Å². The first-order valence-corrected chi connectivity index (χ1v) is 7.21. The summed E-state index contributed by atoms with van der Waals surface area (Å²) >= 11 is 0. The second kappa shape index (κ2) is 6.88. The van der Waals surface area contributed by atoms with Gasteiger partial charge in [0.25, 0.3) is 0 Å². The van der Waals surface area contributed by atoms with Crippen molar-refractivity contribution in [3.63, 3.8) is 0 Å². The maximum atomic E-state index is 12.2. The van der Waals surface area contributed by atoms with Crippen LogP contribution in [0.3, 0.4) is 0 Å². The van der Waals surface area contributed by atoms with Crippen molar-refractivity contribution in [1.82, 2.24) is 5.32 Å². The Bertz CT molecular complexity index is 382. The summed E-state index contributed by atoms with van der Waals surface area (Å²) in [6.45, 7) is 9.31. The van der Waals surface area contributed by atoms with Crippen LogP contribution in [0.1, 0.15) is 40.0 Å². The third-order valence-corrected chi connectivity index (χ3v) is 3.83. The molecule has 1 rings (SSSR count). The van der Waals surface area contributed by atoms with Crippen LogP contribution in [0.5, 0.6) is 0 Å². The Kier molecular flexibility index (Phi) is 5.74. The number of nitrogens with one attached hydrogen (secondary N) is 1. The smallest absolute Gasteiger partial charge is 0.332 e. The molecule has 0 radical (unpaired) electrons. The highest BCUT2D eigenvalue weighted by Gasteiger charge is 2.61. The molecule has 4 atom stereocenters. The van der Waals surface area contributed by atoms with Crippen LogP contribution < -0.4 is 5.32 Å². The predicted molar refractivity (Wildman–Crippen MR) is 75.9 cm³/mol. The van der Waals surface area contributed by atoms with E-state index in [2.05, 4.69) is 11.9 Å². The number of hydrogen-bond acceptors (Lipinski definition) is 4. The zero-order chi connectivity index (χ0) is 15.3. The van der Waals surface area contributed by atoms with Crippen LogP contribution in [0.15, 0.2) is 12.7 Å². The molecule has 1 aliphatic rings. The molecule has 1 aliphatic carbocycles. The van der Waals surface area contributed by atoms with Crippen LogP contribution in [-0.2, 0) is 14.3 Å². The number of hydrogen-bond donors (Lipinski definition) is 2. The predicted octanol–water partition coefficient (Wildman–Crippen LogP) is 1.41. The lowest BCUT2D eigenvalue weighted by molar-refractivity contribution is -0.149. The second-order valence-corrected chi connectivity index (χ2v) is 5.43. The van der Waals surface area contributed by atoms with Crippen LogP contribution in [0.25, 0.3) is 0 Å². The molecule has 1 saturated carbocycles. The van der Waals surface area contributed by atoms with Gasteiger partial charge in [0.1, 0.15) is 5.54 Å². The lowest BCUT2D eigenvalue weighted by Crippen LogP contribution is -2.48. The molecule has 0 aromatic rings. The summed E-state index contributed by atoms with van der Waals surface area (Å²) in [6.07, 6.45) is 2.70. The van der Waals surface area contributed by atoms with Gasteiger partial charge in [0.2, 0.25) is 5.91 Å². The van der Waals surface area contributed by atoms with Gasteiger partial charge in [-0.15, -0.1) is 6.58 Å². The van der Waals surface area contributed by atoms with Gasteiger partial charge in [0.15, 0.2) is 0 Å². The van der Waals surface area contributed by atoms with Gasteiger partial charge in [0.05, 0.1) is 12.7 Å². The molecule has 0 bridgehead atoms. The standard InChI is InChI=1S/C15H25NO4/c1-5-11-9-15(11,14(19)20-7-3)16-13(18)10(4)8-12(17)6-2/h5,10-12,17H,1,6-9H2,2-4H3,(H,16,18)/t10-,11+,12-,15+/m0/s1. The summed E-state index contributed by atoms with van der Waals surface area (Å²) in [7, 11) is 0. The molecule has 5 nitrogen and oxygen atoms in total. The van der Waals surface area contributed by atoms with E-state index in [1.165, 1.54) is 0 Å². The van der Waals surface area contributed by atoms with Gasteiger partial charge in [-0.05, 0) is 26.2 Å². The Labute approximate surface area is 120 Å². The number of rotatable bonds is 8. The summed E-state index contributed by atoms with van der Waals surface area (Å²) in [4.78, 5) is 24.2. The van der Waals surface area contributed by atoms with Crippen molar-refractivity contribution in [3.05, 3.63) is 12.7 Å². The average molecular weight is 283 g/mol. The van der Waals surface area contributed by atoms with Crippen molar-refractivity contribution in [2.75, 3.05) is 6.61 Å². The molecule has 0 spiro atoms. The molecule has 0 aromatic carbocycles. The fourth-order valence-electron chi connectivity index (χ4n) is 2.29. The summed E-state index contributed by atoms with van der Waals surface area (Å²) in [5.74, 6) is -1.05. The topological polar surface area (TPSA) is 75.6 Å². The number of carbonyl (C=O) groups excluding carboxylic acids is 2. The highest BCUT2D eigenvalue weighted by molar-refractivity contribution is 5.92. The molecule has 2 N–H and O–H groups in total. The Morgan fingerprint density at radius 3 is 2.65 bits per heavy atom. The second-order valence-electron chi connectivity index (χ2n) is 5.43. The van der Waals surface area contributed by atoms with E-state index in [0.29, 0.717) is 19.3 Å². The molecular weight excluding hydrogens is 258 g/mol. The van der Waals surface area contributed by atoms with Crippen molar-refractivity contribution in [1.29, 1.82) is 0 Å². The van der Waals surface area contributed by atoms with Crippen molar-refractivity contribution in [3.8, 4) is 0 Å². The first kappa shape index (κ1) is 16.7. The molecule has 0 unspecified atom stereocenters. The zero-order valence-electron chi connectivity index (χ0n) is 12.5. The molecule has 0 heterocycles. The van der Waals surface area contributed by atoms with Gasteiger partial charge in [-0.2, -0.15) is 0 Å². The number of aliphatic hydroxyl groups is 1. The van der Waals surface area contributed by atoms with Crippen molar-refractivity contribution in [2.24, 2.45) is 11.8 Å². The maximum Gasteiger partial charge on any atom is 0.332 e. The van der Waals surface area contributed by atoms with Gasteiger partial charge < -0.3 is 15.2 Å². The van der Waals surface area contributed by atoms with Crippen LogP contribution in [-0.4, -0.2) is 35.2 Å². The number of ether oxygens (including phenoxy) is 1.